The van der Waals surface area contributed by atoms with Crippen LogP contribution in [0, 0.1) is 12.8 Å². The number of aliphatic hydroxyl groups excluding tert-OH is 1. The van der Waals surface area contributed by atoms with Crippen LogP contribution < -0.4 is 5.32 Å². The number of rotatable bonds is 6. The number of nitrogens with one attached hydrogen (secondary N) is 1. The number of pyridine rings is 1. The molecule has 1 amide bonds. The van der Waals surface area contributed by atoms with E-state index in [-0.39, 0.29) is 24.2 Å². The fourth-order valence-electron chi connectivity index (χ4n) is 2.11. The summed E-state index contributed by atoms with van der Waals surface area (Å²) in [4.78, 5) is 16.3. The fraction of sp³-hybridized carbons (Fsp3) is 0.294. The molecule has 0 bridgehead atoms. The van der Waals surface area contributed by atoms with Crippen molar-refractivity contribution < 1.29 is 15.0 Å². The van der Waals surface area contributed by atoms with Gasteiger partial charge in [-0.1, -0.05) is 12.1 Å². The number of benzene rings is 1. The van der Waals surface area contributed by atoms with E-state index >= 15 is 0 Å². The predicted octanol–water partition coefficient (Wildman–Crippen LogP) is 1.68. The Kier molecular flexibility index (Phi) is 5.49. The summed E-state index contributed by atoms with van der Waals surface area (Å²) in [5, 5.41) is 21.9. The summed E-state index contributed by atoms with van der Waals surface area (Å²) >= 11 is 0. The Labute approximate surface area is 129 Å². The van der Waals surface area contributed by atoms with E-state index in [1.54, 1.807) is 25.3 Å². The molecule has 2 rings (SSSR count). The summed E-state index contributed by atoms with van der Waals surface area (Å²) in [6.45, 7) is 2.09. The van der Waals surface area contributed by atoms with Gasteiger partial charge >= 0.3 is 0 Å². The zero-order valence-electron chi connectivity index (χ0n) is 12.5. The van der Waals surface area contributed by atoms with E-state index in [0.29, 0.717) is 18.5 Å². The van der Waals surface area contributed by atoms with Gasteiger partial charge in [0.1, 0.15) is 5.75 Å². The minimum absolute atomic E-state index is 0.0317. The zero-order valence-corrected chi connectivity index (χ0v) is 12.5. The number of carbonyl (C=O) groups is 1. The predicted molar refractivity (Wildman–Crippen MR) is 83.7 cm³/mol. The van der Waals surface area contributed by atoms with Crippen molar-refractivity contribution in [1.82, 2.24) is 10.3 Å². The second kappa shape index (κ2) is 7.56. The highest BCUT2D eigenvalue weighted by Gasteiger charge is 2.13. The van der Waals surface area contributed by atoms with Gasteiger partial charge in [0.25, 0.3) is 5.91 Å². The van der Waals surface area contributed by atoms with Crippen LogP contribution in [0.2, 0.25) is 0 Å². The Hall–Kier alpha value is -2.40. The van der Waals surface area contributed by atoms with Gasteiger partial charge in [0.05, 0.1) is 0 Å². The number of nitrogens with zero attached hydrogens (tertiary/aromatic N) is 1. The molecule has 1 aromatic heterocycles. The Bertz CT molecular complexity index is 629. The summed E-state index contributed by atoms with van der Waals surface area (Å²) in [6.07, 6.45) is 2.30. The molecule has 0 aliphatic rings. The monoisotopic (exact) mass is 300 g/mol. The Morgan fingerprint density at radius 2 is 2.14 bits per heavy atom. The first-order chi connectivity index (χ1) is 10.6. The second-order valence-corrected chi connectivity index (χ2v) is 5.29. The van der Waals surface area contributed by atoms with Gasteiger partial charge in [-0.3, -0.25) is 9.78 Å². The van der Waals surface area contributed by atoms with Gasteiger partial charge in [-0.15, -0.1) is 0 Å². The minimum Gasteiger partial charge on any atom is -0.508 e. The lowest BCUT2D eigenvalue weighted by Gasteiger charge is -2.15. The van der Waals surface area contributed by atoms with Crippen molar-refractivity contribution in [3.8, 4) is 5.75 Å². The summed E-state index contributed by atoms with van der Waals surface area (Å²) in [7, 11) is 0. The van der Waals surface area contributed by atoms with Gasteiger partial charge in [0, 0.05) is 36.5 Å². The lowest BCUT2D eigenvalue weighted by Crippen LogP contribution is -2.32. The maximum Gasteiger partial charge on any atom is 0.251 e. The fourth-order valence-corrected chi connectivity index (χ4v) is 2.11. The molecule has 2 aromatic rings. The van der Waals surface area contributed by atoms with Crippen LogP contribution in [0.3, 0.4) is 0 Å². The first-order valence-electron chi connectivity index (χ1n) is 7.18. The van der Waals surface area contributed by atoms with Crippen LogP contribution in [0.1, 0.15) is 21.6 Å². The highest BCUT2D eigenvalue weighted by Crippen LogP contribution is 2.17. The van der Waals surface area contributed by atoms with E-state index in [1.165, 1.54) is 6.07 Å². The molecule has 1 unspecified atom stereocenters. The summed E-state index contributed by atoms with van der Waals surface area (Å²) in [5.41, 5.74) is 2.00. The van der Waals surface area contributed by atoms with Crippen LogP contribution in [0.15, 0.2) is 42.6 Å². The summed E-state index contributed by atoms with van der Waals surface area (Å²) in [5.74, 6) is -0.271. The first kappa shape index (κ1) is 16.0. The summed E-state index contributed by atoms with van der Waals surface area (Å²) < 4.78 is 0. The molecule has 22 heavy (non-hydrogen) atoms. The van der Waals surface area contributed by atoms with Gasteiger partial charge in [0.15, 0.2) is 0 Å². The smallest absolute Gasteiger partial charge is 0.251 e. The molecular formula is C17H20N2O3. The Balaban J connectivity index is 1.92. The summed E-state index contributed by atoms with van der Waals surface area (Å²) in [6, 6.07) is 10.4. The highest BCUT2D eigenvalue weighted by atomic mass is 16.3. The number of aryl methyl sites for hydroxylation is 1. The SMILES string of the molecule is Cc1ccc(C(=O)NCC(CO)Cc2ccccn2)cc1O. The van der Waals surface area contributed by atoms with E-state index < -0.39 is 0 Å². The van der Waals surface area contributed by atoms with E-state index in [1.807, 2.05) is 18.2 Å². The number of phenolic OH excluding ortho intramolecular Hbond substituents is 1. The lowest BCUT2D eigenvalue weighted by atomic mass is 10.0. The first-order valence-corrected chi connectivity index (χ1v) is 7.18. The number of aliphatic hydroxyl groups is 1. The lowest BCUT2D eigenvalue weighted by molar-refractivity contribution is 0.0939. The van der Waals surface area contributed by atoms with Crippen molar-refractivity contribution in [3.63, 3.8) is 0 Å². The second-order valence-electron chi connectivity index (χ2n) is 5.29. The molecule has 116 valence electrons. The third kappa shape index (κ3) is 4.30. The number of phenols is 1. The molecule has 1 atom stereocenters. The van der Waals surface area contributed by atoms with E-state index in [0.717, 1.165) is 11.3 Å². The van der Waals surface area contributed by atoms with Crippen LogP contribution in [-0.2, 0) is 6.42 Å². The van der Waals surface area contributed by atoms with Crippen molar-refractivity contribution in [2.45, 2.75) is 13.3 Å². The normalized spacial score (nSPS) is 11.9. The van der Waals surface area contributed by atoms with Crippen LogP contribution in [0.25, 0.3) is 0 Å². The van der Waals surface area contributed by atoms with Crippen molar-refractivity contribution in [2.24, 2.45) is 5.92 Å². The average Bonchev–Trinajstić information content (AvgIpc) is 2.54. The molecule has 1 aromatic carbocycles. The van der Waals surface area contributed by atoms with Gasteiger partial charge in [-0.2, -0.15) is 0 Å². The average molecular weight is 300 g/mol. The molecule has 0 radical (unpaired) electrons. The third-order valence-electron chi connectivity index (χ3n) is 3.50. The molecule has 3 N–H and O–H groups in total. The van der Waals surface area contributed by atoms with E-state index in [2.05, 4.69) is 10.3 Å². The van der Waals surface area contributed by atoms with Gasteiger partial charge in [-0.05, 0) is 43.2 Å². The maximum atomic E-state index is 12.1. The molecule has 5 heteroatoms. The van der Waals surface area contributed by atoms with Gasteiger partial charge in [-0.25, -0.2) is 0 Å². The topological polar surface area (TPSA) is 82.5 Å². The van der Waals surface area contributed by atoms with Gasteiger partial charge < -0.3 is 15.5 Å². The van der Waals surface area contributed by atoms with Crippen LogP contribution in [0.5, 0.6) is 5.75 Å². The Morgan fingerprint density at radius 1 is 1.32 bits per heavy atom. The molecule has 0 saturated carbocycles. The van der Waals surface area contributed by atoms with E-state index in [4.69, 9.17) is 0 Å². The highest BCUT2D eigenvalue weighted by molar-refractivity contribution is 5.94. The molecule has 0 fully saturated rings. The third-order valence-corrected chi connectivity index (χ3v) is 3.50. The van der Waals surface area contributed by atoms with Crippen LogP contribution >= 0.6 is 0 Å². The molecule has 5 nitrogen and oxygen atoms in total. The molecule has 0 spiro atoms. The van der Waals surface area contributed by atoms with Crippen molar-refractivity contribution in [2.75, 3.05) is 13.2 Å². The Morgan fingerprint density at radius 3 is 2.77 bits per heavy atom. The molecule has 1 heterocycles. The maximum absolute atomic E-state index is 12.1. The molecule has 0 saturated heterocycles. The number of aromatic nitrogens is 1. The van der Waals surface area contributed by atoms with Crippen LogP contribution in [-0.4, -0.2) is 34.3 Å². The number of aromatic hydroxyl groups is 1. The number of hydrogen-bond acceptors (Lipinski definition) is 4. The number of hydrogen-bond donors (Lipinski definition) is 3. The van der Waals surface area contributed by atoms with Gasteiger partial charge in [0.2, 0.25) is 0 Å². The number of amides is 1. The van der Waals surface area contributed by atoms with E-state index in [9.17, 15) is 15.0 Å². The van der Waals surface area contributed by atoms with Crippen molar-refractivity contribution in [1.29, 1.82) is 0 Å². The quantitative estimate of drug-likeness (QED) is 0.758. The molecule has 0 aliphatic heterocycles. The minimum atomic E-state index is -0.269. The largest absolute Gasteiger partial charge is 0.508 e. The molecular weight excluding hydrogens is 280 g/mol. The van der Waals surface area contributed by atoms with Crippen molar-refractivity contribution in [3.05, 3.63) is 59.4 Å². The molecule has 0 aliphatic carbocycles. The van der Waals surface area contributed by atoms with Crippen molar-refractivity contribution >= 4 is 5.91 Å². The van der Waals surface area contributed by atoms with Crippen LogP contribution in [0.4, 0.5) is 0 Å². The number of carbonyl (C=O) groups excluding carboxylic acids is 1. The standard InChI is InChI=1S/C17H20N2O3/c1-12-5-6-14(9-16(12)21)17(22)19-10-13(11-20)8-15-4-2-3-7-18-15/h2-7,9,13,20-21H,8,10-11H2,1H3,(H,19,22). The zero-order chi connectivity index (χ0) is 15.9.